The topological polar surface area (TPSA) is 43.9 Å². The fourth-order valence-electron chi connectivity index (χ4n) is 5.37. The maximum Gasteiger partial charge on any atom is 0.320 e. The highest BCUT2D eigenvalue weighted by atomic mass is 16.2. The number of hydrogen-bond acceptors (Lipinski definition) is 2. The van der Waals surface area contributed by atoms with Gasteiger partial charge in [-0.1, -0.05) is 19.3 Å². The Morgan fingerprint density at radius 1 is 0.833 bits per heavy atom. The molecule has 1 saturated carbocycles. The van der Waals surface area contributed by atoms with Crippen LogP contribution in [-0.2, 0) is 4.79 Å². The Labute approximate surface area is 145 Å². The van der Waals surface area contributed by atoms with Crippen LogP contribution in [0.1, 0.15) is 64.2 Å². The highest BCUT2D eigenvalue weighted by Crippen LogP contribution is 2.42. The van der Waals surface area contributed by atoms with Crippen molar-refractivity contribution in [3.63, 3.8) is 0 Å². The van der Waals surface area contributed by atoms with Crippen LogP contribution in [0.4, 0.5) is 4.79 Å². The van der Waals surface area contributed by atoms with Gasteiger partial charge in [0.2, 0.25) is 5.91 Å². The molecular formula is C19H31N3O2. The predicted molar refractivity (Wildman–Crippen MR) is 92.6 cm³/mol. The molecule has 3 amide bonds. The lowest BCUT2D eigenvalue weighted by atomic mass is 9.78. The standard InChI is InChI=1S/C19H31N3O2/c23-17-19(10-14-22(17)16-7-2-1-3-8-16)9-6-13-21(15-19)18(24)20-11-4-5-12-20/h16H,1-15H2. The van der Waals surface area contributed by atoms with Gasteiger partial charge in [-0.05, 0) is 44.9 Å². The number of piperidine rings is 1. The Hall–Kier alpha value is -1.26. The van der Waals surface area contributed by atoms with Crippen molar-refractivity contribution in [1.82, 2.24) is 14.7 Å². The largest absolute Gasteiger partial charge is 0.339 e. The second-order valence-electron chi connectivity index (χ2n) is 8.32. The Morgan fingerprint density at radius 3 is 2.29 bits per heavy atom. The van der Waals surface area contributed by atoms with Gasteiger partial charge in [-0.15, -0.1) is 0 Å². The summed E-state index contributed by atoms with van der Waals surface area (Å²) in [7, 11) is 0. The quantitative estimate of drug-likeness (QED) is 0.740. The van der Waals surface area contributed by atoms with Crippen LogP contribution in [-0.4, -0.2) is 65.4 Å². The second-order valence-corrected chi connectivity index (χ2v) is 8.32. The first-order valence-electron chi connectivity index (χ1n) is 10.0. The maximum atomic E-state index is 13.2. The van der Waals surface area contributed by atoms with E-state index >= 15 is 0 Å². The van der Waals surface area contributed by atoms with Gasteiger partial charge in [0, 0.05) is 38.8 Å². The normalized spacial score (nSPS) is 32.2. The molecule has 1 unspecified atom stereocenters. The summed E-state index contributed by atoms with van der Waals surface area (Å²) in [5.74, 6) is 0.355. The molecule has 4 fully saturated rings. The molecule has 1 spiro atoms. The number of carbonyl (C=O) groups is 2. The first-order valence-corrected chi connectivity index (χ1v) is 10.0. The fraction of sp³-hybridized carbons (Fsp3) is 0.895. The van der Waals surface area contributed by atoms with Gasteiger partial charge in [0.15, 0.2) is 0 Å². The molecule has 24 heavy (non-hydrogen) atoms. The Bertz CT molecular complexity index is 497. The van der Waals surface area contributed by atoms with E-state index in [9.17, 15) is 9.59 Å². The van der Waals surface area contributed by atoms with Gasteiger partial charge in [-0.25, -0.2) is 4.79 Å². The summed E-state index contributed by atoms with van der Waals surface area (Å²) in [6, 6.07) is 0.644. The third kappa shape index (κ3) is 2.80. The summed E-state index contributed by atoms with van der Waals surface area (Å²) in [5.41, 5.74) is -0.273. The molecule has 134 valence electrons. The van der Waals surface area contributed by atoms with Crippen molar-refractivity contribution in [1.29, 1.82) is 0 Å². The zero-order chi connectivity index (χ0) is 16.6. The average Bonchev–Trinajstić information content (AvgIpc) is 3.26. The van der Waals surface area contributed by atoms with Crippen LogP contribution in [0.25, 0.3) is 0 Å². The Kier molecular flexibility index (Phi) is 4.44. The van der Waals surface area contributed by atoms with Gasteiger partial charge in [-0.2, -0.15) is 0 Å². The van der Waals surface area contributed by atoms with E-state index in [2.05, 4.69) is 4.90 Å². The minimum atomic E-state index is -0.273. The van der Waals surface area contributed by atoms with Gasteiger partial charge in [0.1, 0.15) is 0 Å². The summed E-state index contributed by atoms with van der Waals surface area (Å²) in [4.78, 5) is 32.2. The van der Waals surface area contributed by atoms with Crippen LogP contribution >= 0.6 is 0 Å². The molecule has 1 atom stereocenters. The van der Waals surface area contributed by atoms with Crippen molar-refractivity contribution in [2.24, 2.45) is 5.41 Å². The van der Waals surface area contributed by atoms with E-state index in [-0.39, 0.29) is 11.4 Å². The first-order chi connectivity index (χ1) is 11.7. The lowest BCUT2D eigenvalue weighted by Gasteiger charge is -2.41. The lowest BCUT2D eigenvalue weighted by molar-refractivity contribution is -0.140. The second kappa shape index (κ2) is 6.57. The van der Waals surface area contributed by atoms with Crippen LogP contribution in [0.2, 0.25) is 0 Å². The summed E-state index contributed by atoms with van der Waals surface area (Å²) < 4.78 is 0. The van der Waals surface area contributed by atoms with Crippen LogP contribution < -0.4 is 0 Å². The number of carbonyl (C=O) groups excluding carboxylic acids is 2. The molecule has 4 aliphatic rings. The average molecular weight is 333 g/mol. The third-order valence-electron chi connectivity index (χ3n) is 6.79. The third-order valence-corrected chi connectivity index (χ3v) is 6.79. The number of urea groups is 1. The van der Waals surface area contributed by atoms with Gasteiger partial charge < -0.3 is 14.7 Å². The molecule has 5 nitrogen and oxygen atoms in total. The first kappa shape index (κ1) is 16.2. The molecule has 3 aliphatic heterocycles. The zero-order valence-electron chi connectivity index (χ0n) is 14.8. The van der Waals surface area contributed by atoms with Gasteiger partial charge >= 0.3 is 6.03 Å². The van der Waals surface area contributed by atoms with E-state index < -0.39 is 0 Å². The smallest absolute Gasteiger partial charge is 0.320 e. The highest BCUT2D eigenvalue weighted by Gasteiger charge is 2.51. The molecule has 0 bridgehead atoms. The molecule has 0 aromatic rings. The zero-order valence-corrected chi connectivity index (χ0v) is 14.8. The summed E-state index contributed by atoms with van der Waals surface area (Å²) in [6.45, 7) is 4.18. The van der Waals surface area contributed by atoms with Crippen molar-refractivity contribution in [3.05, 3.63) is 0 Å². The molecule has 3 heterocycles. The van der Waals surface area contributed by atoms with E-state index in [0.717, 1.165) is 58.3 Å². The van der Waals surface area contributed by atoms with Crippen molar-refractivity contribution in [2.45, 2.75) is 70.3 Å². The number of nitrogens with zero attached hydrogens (tertiary/aromatic N) is 3. The molecule has 1 aliphatic carbocycles. The van der Waals surface area contributed by atoms with E-state index in [1.807, 2.05) is 9.80 Å². The van der Waals surface area contributed by atoms with Crippen molar-refractivity contribution >= 4 is 11.9 Å². The fourth-order valence-corrected chi connectivity index (χ4v) is 5.37. The molecule has 0 aromatic heterocycles. The number of rotatable bonds is 1. The predicted octanol–water partition coefficient (Wildman–Crippen LogP) is 2.85. The lowest BCUT2D eigenvalue weighted by Crippen LogP contribution is -2.53. The molecule has 0 aromatic carbocycles. The Balaban J connectivity index is 1.44. The molecule has 0 radical (unpaired) electrons. The van der Waals surface area contributed by atoms with Crippen molar-refractivity contribution in [2.75, 3.05) is 32.7 Å². The van der Waals surface area contributed by atoms with E-state index in [1.165, 1.54) is 32.1 Å². The van der Waals surface area contributed by atoms with Gasteiger partial charge in [0.05, 0.1) is 5.41 Å². The summed E-state index contributed by atoms with van der Waals surface area (Å²) in [5, 5.41) is 0. The number of hydrogen-bond donors (Lipinski definition) is 0. The van der Waals surface area contributed by atoms with Crippen LogP contribution in [0, 0.1) is 5.41 Å². The van der Waals surface area contributed by atoms with Gasteiger partial charge in [-0.3, -0.25) is 4.79 Å². The SMILES string of the molecule is O=C(N1CCCC1)N1CCCC2(CCN(C3CCCCC3)C2=O)C1. The monoisotopic (exact) mass is 333 g/mol. The van der Waals surface area contributed by atoms with Crippen LogP contribution in [0.5, 0.6) is 0 Å². The van der Waals surface area contributed by atoms with E-state index in [4.69, 9.17) is 0 Å². The Morgan fingerprint density at radius 2 is 1.54 bits per heavy atom. The summed E-state index contributed by atoms with van der Waals surface area (Å²) >= 11 is 0. The highest BCUT2D eigenvalue weighted by molar-refractivity contribution is 5.86. The molecule has 3 saturated heterocycles. The van der Waals surface area contributed by atoms with E-state index in [0.29, 0.717) is 18.5 Å². The molecule has 5 heteroatoms. The molecule has 0 N–H and O–H groups in total. The van der Waals surface area contributed by atoms with Crippen LogP contribution in [0.3, 0.4) is 0 Å². The minimum Gasteiger partial charge on any atom is -0.339 e. The minimum absolute atomic E-state index is 0.176. The van der Waals surface area contributed by atoms with Crippen molar-refractivity contribution in [3.8, 4) is 0 Å². The summed E-state index contributed by atoms with van der Waals surface area (Å²) in [6.07, 6.45) is 11.4. The van der Waals surface area contributed by atoms with Crippen molar-refractivity contribution < 1.29 is 9.59 Å². The number of amides is 3. The number of likely N-dealkylation sites (tertiary alicyclic amines) is 3. The molecule has 4 rings (SSSR count). The van der Waals surface area contributed by atoms with Gasteiger partial charge in [0.25, 0.3) is 0 Å². The maximum absolute atomic E-state index is 13.2. The van der Waals surface area contributed by atoms with E-state index in [1.54, 1.807) is 0 Å². The molecular weight excluding hydrogens is 302 g/mol. The van der Waals surface area contributed by atoms with Crippen LogP contribution in [0.15, 0.2) is 0 Å².